The molecule has 23 heavy (non-hydrogen) atoms. The van der Waals surface area contributed by atoms with Gasteiger partial charge in [0.1, 0.15) is 0 Å². The molecule has 1 unspecified atom stereocenters. The highest BCUT2D eigenvalue weighted by Gasteiger charge is 2.42. The van der Waals surface area contributed by atoms with E-state index in [9.17, 15) is 4.79 Å². The molecule has 0 N–H and O–H groups in total. The summed E-state index contributed by atoms with van der Waals surface area (Å²) in [6, 6.07) is 11.7. The molecule has 2 heterocycles. The van der Waals surface area contributed by atoms with Crippen molar-refractivity contribution in [1.29, 1.82) is 0 Å². The molecule has 126 valence electrons. The van der Waals surface area contributed by atoms with E-state index in [2.05, 4.69) is 28.5 Å². The minimum atomic E-state index is 0. The van der Waals surface area contributed by atoms with Crippen molar-refractivity contribution in [2.75, 3.05) is 11.4 Å². The number of nitrogens with zero attached hydrogens (tertiary/aromatic N) is 2. The van der Waals surface area contributed by atoms with Gasteiger partial charge in [-0.15, -0.1) is 19.0 Å². The number of rotatable bonds is 5. The van der Waals surface area contributed by atoms with E-state index in [1.165, 1.54) is 12.8 Å². The molecular weight excluding hydrogens is 308 g/mol. The summed E-state index contributed by atoms with van der Waals surface area (Å²) >= 11 is 0. The minimum Gasteiger partial charge on any atom is -0.309 e. The maximum atomic E-state index is 12.5. The van der Waals surface area contributed by atoms with E-state index in [1.807, 2.05) is 31.2 Å². The summed E-state index contributed by atoms with van der Waals surface area (Å²) in [6.45, 7) is 6.83. The number of halogens is 1. The van der Waals surface area contributed by atoms with Crippen LogP contribution in [0, 0.1) is 0 Å². The van der Waals surface area contributed by atoms with E-state index in [0.717, 1.165) is 25.1 Å². The molecule has 2 saturated heterocycles. The van der Waals surface area contributed by atoms with Gasteiger partial charge in [0.15, 0.2) is 0 Å². The van der Waals surface area contributed by atoms with Gasteiger partial charge in [0.25, 0.3) is 0 Å². The van der Waals surface area contributed by atoms with Gasteiger partial charge < -0.3 is 4.90 Å². The standard InChI is InChI=1S/C19H26N2O.ClH/c1-3-12-20-16-10-11-17(20)14-18(13-16)21(19(22)4-2)15-8-6-5-7-9-15;/h3,5-9,16-18H,1,4,10-14H2,2H3;1H/t16-,17+,18?;. The van der Waals surface area contributed by atoms with Crippen molar-refractivity contribution >= 4 is 24.0 Å². The molecule has 3 nitrogen and oxygen atoms in total. The maximum absolute atomic E-state index is 12.5. The highest BCUT2D eigenvalue weighted by Crippen LogP contribution is 2.38. The molecular formula is C19H27ClN2O. The SMILES string of the molecule is C=CCN1[C@@H]2CC[C@H]1CC(N(C(=O)CC)c1ccccc1)C2.Cl. The highest BCUT2D eigenvalue weighted by molar-refractivity contribution is 5.93. The Labute approximate surface area is 145 Å². The number of benzene rings is 1. The van der Waals surface area contributed by atoms with Crippen molar-refractivity contribution < 1.29 is 4.79 Å². The fourth-order valence-electron chi connectivity index (χ4n) is 4.22. The first-order valence-electron chi connectivity index (χ1n) is 8.48. The number of carbonyl (C=O) groups excluding carboxylic acids is 1. The summed E-state index contributed by atoms with van der Waals surface area (Å²) in [5.74, 6) is 0.243. The van der Waals surface area contributed by atoms with Gasteiger partial charge in [-0.25, -0.2) is 0 Å². The number of carbonyl (C=O) groups is 1. The van der Waals surface area contributed by atoms with Crippen molar-refractivity contribution in [3.8, 4) is 0 Å². The lowest BCUT2D eigenvalue weighted by Gasteiger charge is -2.43. The van der Waals surface area contributed by atoms with Crippen LogP contribution in [0.3, 0.4) is 0 Å². The fraction of sp³-hybridized carbons (Fsp3) is 0.526. The zero-order chi connectivity index (χ0) is 15.5. The minimum absolute atomic E-state index is 0. The summed E-state index contributed by atoms with van der Waals surface area (Å²) < 4.78 is 0. The zero-order valence-electron chi connectivity index (χ0n) is 13.9. The Bertz CT molecular complexity index is 519. The van der Waals surface area contributed by atoms with Gasteiger partial charge in [0.2, 0.25) is 5.91 Å². The zero-order valence-corrected chi connectivity index (χ0v) is 14.7. The van der Waals surface area contributed by atoms with Crippen molar-refractivity contribution in [3.05, 3.63) is 43.0 Å². The Morgan fingerprint density at radius 3 is 2.39 bits per heavy atom. The van der Waals surface area contributed by atoms with Gasteiger partial charge >= 0.3 is 0 Å². The smallest absolute Gasteiger partial charge is 0.226 e. The Morgan fingerprint density at radius 2 is 1.87 bits per heavy atom. The number of piperidine rings is 1. The molecule has 2 bridgehead atoms. The number of fused-ring (bicyclic) bond motifs is 2. The maximum Gasteiger partial charge on any atom is 0.226 e. The first-order chi connectivity index (χ1) is 10.7. The van der Waals surface area contributed by atoms with Crippen LogP contribution in [0.4, 0.5) is 5.69 Å². The van der Waals surface area contributed by atoms with Crippen LogP contribution in [-0.4, -0.2) is 35.5 Å². The molecule has 3 atom stereocenters. The van der Waals surface area contributed by atoms with Crippen LogP contribution in [0.1, 0.15) is 39.0 Å². The van der Waals surface area contributed by atoms with E-state index < -0.39 is 0 Å². The van der Waals surface area contributed by atoms with Gasteiger partial charge in [-0.3, -0.25) is 9.69 Å². The van der Waals surface area contributed by atoms with E-state index in [0.29, 0.717) is 24.5 Å². The lowest BCUT2D eigenvalue weighted by atomic mass is 9.95. The highest BCUT2D eigenvalue weighted by atomic mass is 35.5. The van der Waals surface area contributed by atoms with Crippen LogP contribution >= 0.6 is 12.4 Å². The third-order valence-corrected chi connectivity index (χ3v) is 5.17. The second-order valence-corrected chi connectivity index (χ2v) is 6.45. The number of para-hydroxylation sites is 1. The molecule has 0 aliphatic carbocycles. The largest absolute Gasteiger partial charge is 0.309 e. The Balaban J connectivity index is 0.00000192. The number of amides is 1. The summed E-state index contributed by atoms with van der Waals surface area (Å²) in [4.78, 5) is 17.2. The number of hydrogen-bond acceptors (Lipinski definition) is 2. The van der Waals surface area contributed by atoms with E-state index in [4.69, 9.17) is 0 Å². The summed E-state index contributed by atoms with van der Waals surface area (Å²) in [6.07, 6.45) is 7.28. The third-order valence-electron chi connectivity index (χ3n) is 5.17. The predicted molar refractivity (Wildman–Crippen MR) is 98.2 cm³/mol. The van der Waals surface area contributed by atoms with Crippen molar-refractivity contribution in [2.45, 2.75) is 57.2 Å². The van der Waals surface area contributed by atoms with Crippen LogP contribution in [0.5, 0.6) is 0 Å². The molecule has 0 spiro atoms. The lowest BCUT2D eigenvalue weighted by molar-refractivity contribution is -0.119. The summed E-state index contributed by atoms with van der Waals surface area (Å²) in [5, 5.41) is 0. The normalized spacial score (nSPS) is 26.4. The molecule has 1 aromatic carbocycles. The van der Waals surface area contributed by atoms with Crippen LogP contribution in [0.15, 0.2) is 43.0 Å². The molecule has 0 radical (unpaired) electrons. The molecule has 3 rings (SSSR count). The second kappa shape index (κ2) is 7.98. The quantitative estimate of drug-likeness (QED) is 0.759. The van der Waals surface area contributed by atoms with E-state index >= 15 is 0 Å². The van der Waals surface area contributed by atoms with Crippen LogP contribution in [0.25, 0.3) is 0 Å². The molecule has 1 amide bonds. The van der Waals surface area contributed by atoms with Crippen molar-refractivity contribution in [2.24, 2.45) is 0 Å². The first-order valence-corrected chi connectivity index (χ1v) is 8.48. The molecule has 1 aromatic rings. The van der Waals surface area contributed by atoms with Crippen molar-refractivity contribution in [1.82, 2.24) is 4.90 Å². The monoisotopic (exact) mass is 334 g/mol. The van der Waals surface area contributed by atoms with Gasteiger partial charge in [-0.05, 0) is 37.8 Å². The Morgan fingerprint density at radius 1 is 1.26 bits per heavy atom. The van der Waals surface area contributed by atoms with Gasteiger partial charge in [-0.1, -0.05) is 31.2 Å². The molecule has 4 heteroatoms. The fourth-order valence-corrected chi connectivity index (χ4v) is 4.22. The third kappa shape index (κ3) is 3.61. The molecule has 2 aliphatic rings. The number of hydrogen-bond donors (Lipinski definition) is 0. The van der Waals surface area contributed by atoms with Gasteiger partial charge in [0.05, 0.1) is 0 Å². The molecule has 0 aromatic heterocycles. The topological polar surface area (TPSA) is 23.6 Å². The van der Waals surface area contributed by atoms with Crippen molar-refractivity contribution in [3.63, 3.8) is 0 Å². The average Bonchev–Trinajstić information content (AvgIpc) is 2.79. The van der Waals surface area contributed by atoms with E-state index in [-0.39, 0.29) is 18.3 Å². The average molecular weight is 335 g/mol. The predicted octanol–water partition coefficient (Wildman–Crippen LogP) is 4.03. The molecule has 2 aliphatic heterocycles. The summed E-state index contributed by atoms with van der Waals surface area (Å²) in [7, 11) is 0. The summed E-state index contributed by atoms with van der Waals surface area (Å²) in [5.41, 5.74) is 1.05. The Hall–Kier alpha value is -1.32. The lowest BCUT2D eigenvalue weighted by Crippen LogP contribution is -2.52. The first kappa shape index (κ1) is 18.0. The van der Waals surface area contributed by atoms with Crippen LogP contribution in [0.2, 0.25) is 0 Å². The Kier molecular flexibility index (Phi) is 6.25. The van der Waals surface area contributed by atoms with Gasteiger partial charge in [0, 0.05) is 36.8 Å². The molecule has 0 saturated carbocycles. The van der Waals surface area contributed by atoms with Gasteiger partial charge in [-0.2, -0.15) is 0 Å². The second-order valence-electron chi connectivity index (χ2n) is 6.45. The van der Waals surface area contributed by atoms with Crippen LogP contribution in [-0.2, 0) is 4.79 Å². The molecule has 2 fully saturated rings. The number of anilines is 1. The van der Waals surface area contributed by atoms with Crippen LogP contribution < -0.4 is 4.90 Å². The van der Waals surface area contributed by atoms with E-state index in [1.54, 1.807) is 0 Å².